The molecule has 1 N–H and O–H groups in total. The molecule has 0 aromatic heterocycles. The highest BCUT2D eigenvalue weighted by molar-refractivity contribution is 7.91. The number of sulfone groups is 1. The van der Waals surface area contributed by atoms with E-state index in [9.17, 15) is 8.42 Å². The van der Waals surface area contributed by atoms with Crippen LogP contribution in [0, 0.1) is 11.8 Å². The van der Waals surface area contributed by atoms with Crippen molar-refractivity contribution in [3.8, 4) is 0 Å². The topological polar surface area (TPSA) is 46.2 Å². The molecule has 15 heavy (non-hydrogen) atoms. The van der Waals surface area contributed by atoms with Gasteiger partial charge < -0.3 is 5.32 Å². The highest BCUT2D eigenvalue weighted by Crippen LogP contribution is 2.25. The molecule has 1 saturated heterocycles. The first-order valence-electron chi connectivity index (χ1n) is 5.99. The van der Waals surface area contributed by atoms with E-state index in [2.05, 4.69) is 12.2 Å². The SMILES string of the molecule is CC1CCC(NCC2CCS(=O)(=O)C2)C1. The van der Waals surface area contributed by atoms with Crippen molar-refractivity contribution >= 4 is 9.84 Å². The van der Waals surface area contributed by atoms with E-state index in [1.54, 1.807) is 0 Å². The summed E-state index contributed by atoms with van der Waals surface area (Å²) in [5.41, 5.74) is 0. The third-order valence-corrected chi connectivity index (χ3v) is 5.55. The van der Waals surface area contributed by atoms with Crippen molar-refractivity contribution in [3.63, 3.8) is 0 Å². The van der Waals surface area contributed by atoms with Gasteiger partial charge in [-0.1, -0.05) is 6.92 Å². The van der Waals surface area contributed by atoms with Gasteiger partial charge in [0.1, 0.15) is 0 Å². The molecule has 2 rings (SSSR count). The monoisotopic (exact) mass is 231 g/mol. The predicted octanol–water partition coefficient (Wildman–Crippen LogP) is 1.20. The fraction of sp³-hybridized carbons (Fsp3) is 1.00. The molecule has 0 radical (unpaired) electrons. The lowest BCUT2D eigenvalue weighted by atomic mass is 10.1. The van der Waals surface area contributed by atoms with Crippen molar-refractivity contribution < 1.29 is 8.42 Å². The van der Waals surface area contributed by atoms with E-state index in [4.69, 9.17) is 0 Å². The second kappa shape index (κ2) is 4.42. The summed E-state index contributed by atoms with van der Waals surface area (Å²) < 4.78 is 22.5. The van der Waals surface area contributed by atoms with Crippen molar-refractivity contribution in [3.05, 3.63) is 0 Å². The minimum atomic E-state index is -2.69. The highest BCUT2D eigenvalue weighted by atomic mass is 32.2. The first-order chi connectivity index (χ1) is 7.05. The van der Waals surface area contributed by atoms with Crippen LogP contribution in [0.3, 0.4) is 0 Å². The zero-order valence-electron chi connectivity index (χ0n) is 9.41. The van der Waals surface area contributed by atoms with Gasteiger partial charge in [0.25, 0.3) is 0 Å². The fourth-order valence-electron chi connectivity index (χ4n) is 2.76. The molecule has 0 aromatic rings. The predicted molar refractivity (Wildman–Crippen MR) is 61.6 cm³/mol. The minimum absolute atomic E-state index is 0.367. The summed E-state index contributed by atoms with van der Waals surface area (Å²) in [6.45, 7) is 3.19. The van der Waals surface area contributed by atoms with Gasteiger partial charge in [0.05, 0.1) is 11.5 Å². The first-order valence-corrected chi connectivity index (χ1v) is 7.81. The molecule has 2 aliphatic rings. The number of hydrogen-bond donors (Lipinski definition) is 1. The van der Waals surface area contributed by atoms with Crippen molar-refractivity contribution in [1.29, 1.82) is 0 Å². The Hall–Kier alpha value is -0.0900. The lowest BCUT2D eigenvalue weighted by molar-refractivity contribution is 0.444. The molecular weight excluding hydrogens is 210 g/mol. The molecule has 3 atom stereocenters. The van der Waals surface area contributed by atoms with Gasteiger partial charge in [-0.05, 0) is 44.1 Å². The second-order valence-corrected chi connectivity index (χ2v) is 7.52. The summed E-state index contributed by atoms with van der Waals surface area (Å²) in [5, 5.41) is 3.53. The zero-order chi connectivity index (χ0) is 10.9. The molecule has 1 heterocycles. The molecule has 4 heteroatoms. The molecule has 88 valence electrons. The minimum Gasteiger partial charge on any atom is -0.314 e. The van der Waals surface area contributed by atoms with Gasteiger partial charge in [0.15, 0.2) is 9.84 Å². The zero-order valence-corrected chi connectivity index (χ0v) is 10.2. The van der Waals surface area contributed by atoms with E-state index in [1.807, 2.05) is 0 Å². The average Bonchev–Trinajstić information content (AvgIpc) is 2.69. The third kappa shape index (κ3) is 3.18. The molecular formula is C11H21NO2S. The van der Waals surface area contributed by atoms with E-state index >= 15 is 0 Å². The van der Waals surface area contributed by atoms with Crippen LogP contribution < -0.4 is 5.32 Å². The van der Waals surface area contributed by atoms with Crippen LogP contribution in [0.25, 0.3) is 0 Å². The van der Waals surface area contributed by atoms with Crippen LogP contribution in [0.2, 0.25) is 0 Å². The Morgan fingerprint density at radius 1 is 1.27 bits per heavy atom. The van der Waals surface area contributed by atoms with Crippen LogP contribution in [0.1, 0.15) is 32.6 Å². The number of rotatable bonds is 3. The number of hydrogen-bond acceptors (Lipinski definition) is 3. The van der Waals surface area contributed by atoms with E-state index in [0.29, 0.717) is 23.5 Å². The third-order valence-electron chi connectivity index (χ3n) is 3.72. The maximum absolute atomic E-state index is 11.3. The molecule has 2 fully saturated rings. The van der Waals surface area contributed by atoms with Crippen LogP contribution in [0.5, 0.6) is 0 Å². The highest BCUT2D eigenvalue weighted by Gasteiger charge is 2.29. The molecule has 3 nitrogen and oxygen atoms in total. The van der Waals surface area contributed by atoms with E-state index in [0.717, 1.165) is 18.9 Å². The van der Waals surface area contributed by atoms with Crippen molar-refractivity contribution in [2.75, 3.05) is 18.1 Å². The summed E-state index contributed by atoms with van der Waals surface area (Å²) in [6, 6.07) is 0.642. The second-order valence-electron chi connectivity index (χ2n) is 5.29. The van der Waals surface area contributed by atoms with Crippen LogP contribution >= 0.6 is 0 Å². The average molecular weight is 231 g/mol. The Labute approximate surface area is 92.6 Å². The largest absolute Gasteiger partial charge is 0.314 e. The van der Waals surface area contributed by atoms with Crippen LogP contribution in [0.4, 0.5) is 0 Å². The molecule has 1 aliphatic heterocycles. The molecule has 3 unspecified atom stereocenters. The van der Waals surface area contributed by atoms with Crippen molar-refractivity contribution in [2.24, 2.45) is 11.8 Å². The maximum Gasteiger partial charge on any atom is 0.150 e. The van der Waals surface area contributed by atoms with Crippen LogP contribution in [-0.2, 0) is 9.84 Å². The van der Waals surface area contributed by atoms with Gasteiger partial charge in [-0.25, -0.2) is 8.42 Å². The lowest BCUT2D eigenvalue weighted by Gasteiger charge is -2.15. The maximum atomic E-state index is 11.3. The van der Waals surface area contributed by atoms with Gasteiger partial charge in [-0.2, -0.15) is 0 Å². The Morgan fingerprint density at radius 2 is 2.07 bits per heavy atom. The molecule has 1 aliphatic carbocycles. The van der Waals surface area contributed by atoms with Gasteiger partial charge in [0, 0.05) is 6.04 Å². The molecule has 0 spiro atoms. The smallest absolute Gasteiger partial charge is 0.150 e. The lowest BCUT2D eigenvalue weighted by Crippen LogP contribution is -2.32. The Kier molecular flexibility index (Phi) is 3.36. The Balaban J connectivity index is 1.71. The summed E-state index contributed by atoms with van der Waals surface area (Å²) in [7, 11) is -2.69. The molecule has 0 amide bonds. The van der Waals surface area contributed by atoms with Crippen molar-refractivity contribution in [2.45, 2.75) is 38.6 Å². The summed E-state index contributed by atoms with van der Waals surface area (Å²) in [5.74, 6) is 2.02. The molecule has 1 saturated carbocycles. The van der Waals surface area contributed by atoms with Gasteiger partial charge in [-0.15, -0.1) is 0 Å². The van der Waals surface area contributed by atoms with Gasteiger partial charge in [0.2, 0.25) is 0 Å². The Bertz CT molecular complexity index is 313. The summed E-state index contributed by atoms with van der Waals surface area (Å²) in [6.07, 6.45) is 4.71. The van der Waals surface area contributed by atoms with E-state index in [-0.39, 0.29) is 0 Å². The first kappa shape index (κ1) is 11.4. The molecule has 0 aromatic carbocycles. The normalized spacial score (nSPS) is 39.7. The quantitative estimate of drug-likeness (QED) is 0.794. The van der Waals surface area contributed by atoms with Crippen molar-refractivity contribution in [1.82, 2.24) is 5.32 Å². The Morgan fingerprint density at radius 3 is 2.60 bits per heavy atom. The molecule has 0 bridgehead atoms. The summed E-state index contributed by atoms with van der Waals surface area (Å²) in [4.78, 5) is 0. The summed E-state index contributed by atoms with van der Waals surface area (Å²) >= 11 is 0. The van der Waals surface area contributed by atoms with Crippen LogP contribution in [0.15, 0.2) is 0 Å². The number of nitrogens with one attached hydrogen (secondary N) is 1. The van der Waals surface area contributed by atoms with Crippen LogP contribution in [-0.4, -0.2) is 32.5 Å². The van der Waals surface area contributed by atoms with E-state index in [1.165, 1.54) is 19.3 Å². The van der Waals surface area contributed by atoms with Gasteiger partial charge in [-0.3, -0.25) is 0 Å². The standard InChI is InChI=1S/C11H21NO2S/c1-9-2-3-11(6-9)12-7-10-4-5-15(13,14)8-10/h9-12H,2-8H2,1H3. The van der Waals surface area contributed by atoms with E-state index < -0.39 is 9.84 Å². The fourth-order valence-corrected chi connectivity index (χ4v) is 4.62. The van der Waals surface area contributed by atoms with Gasteiger partial charge >= 0.3 is 0 Å².